The second-order valence-electron chi connectivity index (χ2n) is 2.06. The lowest BCUT2D eigenvalue weighted by molar-refractivity contribution is -0.255. The van der Waals surface area contributed by atoms with E-state index < -0.39 is 11.9 Å². The molecule has 5 heteroatoms. The first-order valence-corrected chi connectivity index (χ1v) is 3.19. The van der Waals surface area contributed by atoms with Crippen molar-refractivity contribution in [1.29, 1.82) is 0 Å². The van der Waals surface area contributed by atoms with E-state index in [1.165, 1.54) is 13.8 Å². The van der Waals surface area contributed by atoms with E-state index in [9.17, 15) is 14.4 Å². The zero-order chi connectivity index (χ0) is 10.1. The quantitative estimate of drug-likeness (QED) is 0.399. The van der Waals surface area contributed by atoms with E-state index in [1.54, 1.807) is 0 Å². The first-order valence-electron chi connectivity index (χ1n) is 3.19. The Kier molecular flexibility index (Phi) is 8.50. The molecule has 0 saturated heterocycles. The molecule has 0 aromatic heterocycles. The van der Waals surface area contributed by atoms with E-state index in [-0.39, 0.29) is 5.78 Å². The van der Waals surface area contributed by atoms with Crippen LogP contribution in [0, 0.1) is 0 Å². The molecule has 0 spiro atoms. The lowest BCUT2D eigenvalue weighted by Crippen LogP contribution is -2.03. The van der Waals surface area contributed by atoms with Gasteiger partial charge < -0.3 is 4.79 Å². The normalized spacial score (nSPS) is 7.33. The standard InChI is InChI=1S/C4H6O4.C3H6O/c1-3(5)7-8-4(2)6;1-3(2)4/h1-2H3;1-2H3. The molecule has 70 valence electrons. The van der Waals surface area contributed by atoms with E-state index >= 15 is 0 Å². The molecule has 0 rings (SSSR count). The van der Waals surface area contributed by atoms with Crippen LogP contribution in [0.4, 0.5) is 0 Å². The molecule has 5 nitrogen and oxygen atoms in total. The Morgan fingerprint density at radius 3 is 1.00 bits per heavy atom. The summed E-state index contributed by atoms with van der Waals surface area (Å²) in [5, 5.41) is 0. The van der Waals surface area contributed by atoms with Crippen LogP contribution in [0.25, 0.3) is 0 Å². The van der Waals surface area contributed by atoms with Crippen molar-refractivity contribution in [3.8, 4) is 0 Å². The Bertz CT molecular complexity index is 155. The van der Waals surface area contributed by atoms with Gasteiger partial charge in [-0.2, -0.15) is 0 Å². The Hall–Kier alpha value is -1.39. The predicted molar refractivity (Wildman–Crippen MR) is 39.9 cm³/mol. The fourth-order valence-electron chi connectivity index (χ4n) is 0.117. The number of Topliss-reactive ketones (excluding diaryl/α,β-unsaturated/α-hetero) is 1. The molecule has 0 aliphatic rings. The molecule has 0 unspecified atom stereocenters. The van der Waals surface area contributed by atoms with Crippen molar-refractivity contribution in [1.82, 2.24) is 0 Å². The average molecular weight is 176 g/mol. The molecular weight excluding hydrogens is 164 g/mol. The Morgan fingerprint density at radius 1 is 0.750 bits per heavy atom. The molecule has 0 aromatic rings. The van der Waals surface area contributed by atoms with Crippen molar-refractivity contribution in [3.63, 3.8) is 0 Å². The van der Waals surface area contributed by atoms with Crippen LogP contribution in [0.15, 0.2) is 0 Å². The zero-order valence-electron chi connectivity index (χ0n) is 7.54. The van der Waals surface area contributed by atoms with E-state index in [1.807, 2.05) is 0 Å². The van der Waals surface area contributed by atoms with E-state index in [2.05, 4.69) is 9.78 Å². The predicted octanol–water partition coefficient (Wildman–Crippen LogP) is 0.623. The van der Waals surface area contributed by atoms with Crippen LogP contribution in [-0.4, -0.2) is 17.7 Å². The molecule has 0 saturated carbocycles. The number of carbonyl (C=O) groups is 3. The fourth-order valence-corrected chi connectivity index (χ4v) is 0.117. The topological polar surface area (TPSA) is 69.7 Å². The van der Waals surface area contributed by atoms with Gasteiger partial charge in [-0.25, -0.2) is 19.4 Å². The van der Waals surface area contributed by atoms with Gasteiger partial charge in [0.05, 0.1) is 0 Å². The molecule has 0 N–H and O–H groups in total. The van der Waals surface area contributed by atoms with Crippen LogP contribution in [-0.2, 0) is 24.2 Å². The summed E-state index contributed by atoms with van der Waals surface area (Å²) >= 11 is 0. The first-order chi connectivity index (χ1) is 5.36. The minimum absolute atomic E-state index is 0.167. The SMILES string of the molecule is CC(=O)OOC(C)=O.CC(C)=O. The third kappa shape index (κ3) is 38.3. The molecule has 0 fully saturated rings. The van der Waals surface area contributed by atoms with Gasteiger partial charge in [-0.1, -0.05) is 0 Å². The third-order valence-electron chi connectivity index (χ3n) is 0.276. The van der Waals surface area contributed by atoms with Crippen LogP contribution < -0.4 is 0 Å². The molecule has 0 aromatic carbocycles. The second-order valence-corrected chi connectivity index (χ2v) is 2.06. The summed E-state index contributed by atoms with van der Waals surface area (Å²) in [5.41, 5.74) is 0. The maximum atomic E-state index is 9.85. The minimum Gasteiger partial charge on any atom is -0.300 e. The van der Waals surface area contributed by atoms with Gasteiger partial charge in [0, 0.05) is 13.8 Å². The summed E-state index contributed by atoms with van der Waals surface area (Å²) < 4.78 is 0. The van der Waals surface area contributed by atoms with Gasteiger partial charge in [-0.3, -0.25) is 0 Å². The summed E-state index contributed by atoms with van der Waals surface area (Å²) in [6.07, 6.45) is 0. The van der Waals surface area contributed by atoms with Gasteiger partial charge >= 0.3 is 11.9 Å². The van der Waals surface area contributed by atoms with Crippen molar-refractivity contribution in [2.45, 2.75) is 27.7 Å². The maximum absolute atomic E-state index is 9.85. The summed E-state index contributed by atoms with van der Waals surface area (Å²) in [5.74, 6) is -1.11. The van der Waals surface area contributed by atoms with Crippen molar-refractivity contribution in [2.75, 3.05) is 0 Å². The van der Waals surface area contributed by atoms with Crippen LogP contribution in [0.1, 0.15) is 27.7 Å². The maximum Gasteiger partial charge on any atom is 0.352 e. The summed E-state index contributed by atoms with van der Waals surface area (Å²) in [6, 6.07) is 0. The van der Waals surface area contributed by atoms with Crippen molar-refractivity contribution >= 4 is 17.7 Å². The fraction of sp³-hybridized carbons (Fsp3) is 0.571. The van der Waals surface area contributed by atoms with Gasteiger partial charge in [-0.15, -0.1) is 0 Å². The molecule has 0 heterocycles. The molecule has 12 heavy (non-hydrogen) atoms. The average Bonchev–Trinajstić information content (AvgIpc) is 1.82. The zero-order valence-corrected chi connectivity index (χ0v) is 7.54. The number of carbonyl (C=O) groups excluding carboxylic acids is 3. The minimum atomic E-state index is -0.639. The highest BCUT2D eigenvalue weighted by atomic mass is 17.2. The van der Waals surface area contributed by atoms with Crippen LogP contribution in [0.3, 0.4) is 0 Å². The lowest BCUT2D eigenvalue weighted by Gasteiger charge is -1.93. The van der Waals surface area contributed by atoms with E-state index in [0.717, 1.165) is 13.8 Å². The third-order valence-corrected chi connectivity index (χ3v) is 0.276. The van der Waals surface area contributed by atoms with E-state index in [4.69, 9.17) is 0 Å². The number of hydrogen-bond donors (Lipinski definition) is 0. The van der Waals surface area contributed by atoms with Crippen LogP contribution in [0.2, 0.25) is 0 Å². The molecule has 0 bridgehead atoms. The molecule has 0 radical (unpaired) electrons. The van der Waals surface area contributed by atoms with Gasteiger partial charge in [0.1, 0.15) is 5.78 Å². The van der Waals surface area contributed by atoms with Gasteiger partial charge in [0.2, 0.25) is 0 Å². The van der Waals surface area contributed by atoms with Gasteiger partial charge in [0.15, 0.2) is 0 Å². The Morgan fingerprint density at radius 2 is 0.917 bits per heavy atom. The van der Waals surface area contributed by atoms with E-state index in [0.29, 0.717) is 0 Å². The highest BCUT2D eigenvalue weighted by Gasteiger charge is 1.95. The molecular formula is C7H12O5. The van der Waals surface area contributed by atoms with Gasteiger partial charge in [0.25, 0.3) is 0 Å². The molecule has 0 atom stereocenters. The highest BCUT2D eigenvalue weighted by molar-refractivity contribution is 5.72. The number of rotatable bonds is 0. The second kappa shape index (κ2) is 7.71. The number of ketones is 1. The molecule has 0 amide bonds. The smallest absolute Gasteiger partial charge is 0.300 e. The van der Waals surface area contributed by atoms with Crippen LogP contribution in [0.5, 0.6) is 0 Å². The summed E-state index contributed by atoms with van der Waals surface area (Å²) in [4.78, 5) is 36.8. The highest BCUT2D eigenvalue weighted by Crippen LogP contribution is 1.78. The molecule has 0 aliphatic heterocycles. The molecule has 0 aliphatic carbocycles. The summed E-state index contributed by atoms with van der Waals surface area (Å²) in [7, 11) is 0. The van der Waals surface area contributed by atoms with Gasteiger partial charge in [-0.05, 0) is 13.8 Å². The number of hydrogen-bond acceptors (Lipinski definition) is 5. The lowest BCUT2D eigenvalue weighted by atomic mass is 10.6. The Balaban J connectivity index is 0. The summed E-state index contributed by atoms with van der Waals surface area (Å²) in [6.45, 7) is 5.34. The van der Waals surface area contributed by atoms with Crippen LogP contribution >= 0.6 is 0 Å². The van der Waals surface area contributed by atoms with Crippen molar-refractivity contribution < 1.29 is 24.2 Å². The van der Waals surface area contributed by atoms with Crippen molar-refractivity contribution in [2.24, 2.45) is 0 Å². The largest absolute Gasteiger partial charge is 0.352 e. The van der Waals surface area contributed by atoms with Crippen molar-refractivity contribution in [3.05, 3.63) is 0 Å². The monoisotopic (exact) mass is 176 g/mol. The first kappa shape index (κ1) is 13.2. The Labute approximate surface area is 70.6 Å².